The minimum absolute atomic E-state index is 0. The SMILES string of the molecule is CCCCCCCCC.O. The highest BCUT2D eigenvalue weighted by atomic mass is 16.0. The molecule has 0 radical (unpaired) electrons. The Labute approximate surface area is 65.1 Å². The van der Waals surface area contributed by atoms with E-state index in [1.807, 2.05) is 0 Å². The van der Waals surface area contributed by atoms with E-state index in [9.17, 15) is 0 Å². The van der Waals surface area contributed by atoms with E-state index in [1.165, 1.54) is 44.9 Å². The lowest BCUT2D eigenvalue weighted by molar-refractivity contribution is 0.602. The van der Waals surface area contributed by atoms with Crippen LogP contribution in [0.5, 0.6) is 0 Å². The zero-order valence-corrected chi connectivity index (χ0v) is 7.45. The molecule has 0 aliphatic rings. The van der Waals surface area contributed by atoms with Crippen molar-refractivity contribution in [3.05, 3.63) is 0 Å². The van der Waals surface area contributed by atoms with Gasteiger partial charge in [-0.15, -0.1) is 0 Å². The minimum atomic E-state index is 0. The average Bonchev–Trinajstić information content (AvgIpc) is 1.89. The maximum Gasteiger partial charge on any atom is -0.0533 e. The molecule has 1 nitrogen and oxygen atoms in total. The van der Waals surface area contributed by atoms with Crippen molar-refractivity contribution in [1.29, 1.82) is 0 Å². The highest BCUT2D eigenvalue weighted by Gasteiger charge is 1.85. The van der Waals surface area contributed by atoms with Crippen molar-refractivity contribution in [1.82, 2.24) is 0 Å². The van der Waals surface area contributed by atoms with Gasteiger partial charge in [-0.2, -0.15) is 0 Å². The van der Waals surface area contributed by atoms with Crippen LogP contribution >= 0.6 is 0 Å². The molecule has 0 spiro atoms. The first-order chi connectivity index (χ1) is 4.41. The fourth-order valence-corrected chi connectivity index (χ4v) is 1.03. The van der Waals surface area contributed by atoms with E-state index in [4.69, 9.17) is 0 Å². The van der Waals surface area contributed by atoms with Gasteiger partial charge < -0.3 is 5.48 Å². The number of rotatable bonds is 6. The molecule has 10 heavy (non-hydrogen) atoms. The van der Waals surface area contributed by atoms with Crippen LogP contribution in [0.15, 0.2) is 0 Å². The van der Waals surface area contributed by atoms with Crippen LogP contribution in [0.4, 0.5) is 0 Å². The molecule has 0 saturated heterocycles. The Hall–Kier alpha value is -0.0400. The predicted octanol–water partition coefficient (Wildman–Crippen LogP) is 2.93. The van der Waals surface area contributed by atoms with Crippen LogP contribution in [0.25, 0.3) is 0 Å². The van der Waals surface area contributed by atoms with Gasteiger partial charge in [-0.3, -0.25) is 0 Å². The van der Waals surface area contributed by atoms with Crippen molar-refractivity contribution in [2.45, 2.75) is 58.8 Å². The summed E-state index contributed by atoms with van der Waals surface area (Å²) in [7, 11) is 0. The van der Waals surface area contributed by atoms with Gasteiger partial charge in [0.15, 0.2) is 0 Å². The number of hydrogen-bond acceptors (Lipinski definition) is 0. The zero-order valence-electron chi connectivity index (χ0n) is 7.45. The number of unbranched alkanes of at least 4 members (excludes halogenated alkanes) is 6. The molecular formula is C9H22O. The van der Waals surface area contributed by atoms with Crippen molar-refractivity contribution in [2.24, 2.45) is 0 Å². The lowest BCUT2D eigenvalue weighted by Crippen LogP contribution is -1.76. The highest BCUT2D eigenvalue weighted by Crippen LogP contribution is 2.05. The first kappa shape index (κ1) is 12.6. The second-order valence-corrected chi connectivity index (χ2v) is 2.77. The average molecular weight is 146 g/mol. The Balaban J connectivity index is 0. The monoisotopic (exact) mass is 146 g/mol. The van der Waals surface area contributed by atoms with Gasteiger partial charge in [0.25, 0.3) is 0 Å². The molecule has 0 atom stereocenters. The van der Waals surface area contributed by atoms with Gasteiger partial charge in [0.2, 0.25) is 0 Å². The third kappa shape index (κ3) is 10.9. The van der Waals surface area contributed by atoms with Gasteiger partial charge in [-0.1, -0.05) is 58.8 Å². The number of hydrogen-bond donors (Lipinski definition) is 0. The van der Waals surface area contributed by atoms with Gasteiger partial charge in [0.1, 0.15) is 0 Å². The van der Waals surface area contributed by atoms with E-state index in [-0.39, 0.29) is 5.48 Å². The van der Waals surface area contributed by atoms with Crippen molar-refractivity contribution in [3.63, 3.8) is 0 Å². The lowest BCUT2D eigenvalue weighted by Gasteiger charge is -1.96. The van der Waals surface area contributed by atoms with Crippen molar-refractivity contribution >= 4 is 0 Å². The molecule has 0 rings (SSSR count). The van der Waals surface area contributed by atoms with Gasteiger partial charge in [0.05, 0.1) is 0 Å². The summed E-state index contributed by atoms with van der Waals surface area (Å²) in [6.07, 6.45) is 9.97. The van der Waals surface area contributed by atoms with Gasteiger partial charge in [0, 0.05) is 0 Å². The van der Waals surface area contributed by atoms with E-state index < -0.39 is 0 Å². The largest absolute Gasteiger partial charge is 0.412 e. The molecule has 2 N–H and O–H groups in total. The second kappa shape index (κ2) is 11.7. The summed E-state index contributed by atoms with van der Waals surface area (Å²) in [5.41, 5.74) is 0. The minimum Gasteiger partial charge on any atom is -0.412 e. The molecule has 0 aromatic rings. The molecule has 0 aliphatic carbocycles. The third-order valence-corrected chi connectivity index (χ3v) is 1.71. The Kier molecular flexibility index (Phi) is 14.8. The molecule has 64 valence electrons. The molecule has 0 aromatic heterocycles. The summed E-state index contributed by atoms with van der Waals surface area (Å²) < 4.78 is 0. The topological polar surface area (TPSA) is 31.5 Å². The van der Waals surface area contributed by atoms with E-state index >= 15 is 0 Å². The van der Waals surface area contributed by atoms with E-state index in [2.05, 4.69) is 13.8 Å². The smallest absolute Gasteiger partial charge is 0.0533 e. The third-order valence-electron chi connectivity index (χ3n) is 1.71. The fraction of sp³-hybridized carbons (Fsp3) is 1.00. The lowest BCUT2D eigenvalue weighted by atomic mass is 10.1. The Morgan fingerprint density at radius 1 is 0.600 bits per heavy atom. The summed E-state index contributed by atoms with van der Waals surface area (Å²) >= 11 is 0. The highest BCUT2D eigenvalue weighted by molar-refractivity contribution is 4.41. The Bertz CT molecular complexity index is 38.0. The normalized spacial score (nSPS) is 9.00. The van der Waals surface area contributed by atoms with Crippen LogP contribution in [0.1, 0.15) is 58.8 Å². The molecule has 0 unspecified atom stereocenters. The van der Waals surface area contributed by atoms with Crippen molar-refractivity contribution < 1.29 is 5.48 Å². The van der Waals surface area contributed by atoms with Crippen LogP contribution < -0.4 is 0 Å². The molecule has 1 heteroatoms. The molecule has 0 bridgehead atoms. The molecule has 0 heterocycles. The standard InChI is InChI=1S/C9H20.H2O/c1-3-5-7-9-8-6-4-2;/h3-9H2,1-2H3;1H2. The van der Waals surface area contributed by atoms with Crippen LogP contribution in [0, 0.1) is 0 Å². The molecule has 0 aromatic carbocycles. The first-order valence-corrected chi connectivity index (χ1v) is 4.41. The maximum absolute atomic E-state index is 2.26. The summed E-state index contributed by atoms with van der Waals surface area (Å²) in [6, 6.07) is 0. The zero-order chi connectivity index (χ0) is 6.95. The quantitative estimate of drug-likeness (QED) is 0.516. The van der Waals surface area contributed by atoms with Crippen LogP contribution in [-0.2, 0) is 0 Å². The second-order valence-electron chi connectivity index (χ2n) is 2.77. The van der Waals surface area contributed by atoms with E-state index in [0.29, 0.717) is 0 Å². The van der Waals surface area contributed by atoms with E-state index in [1.54, 1.807) is 0 Å². The summed E-state index contributed by atoms with van der Waals surface area (Å²) in [6.45, 7) is 4.53. The molecule has 0 fully saturated rings. The molecule has 0 saturated carbocycles. The fourth-order valence-electron chi connectivity index (χ4n) is 1.03. The van der Waals surface area contributed by atoms with Crippen LogP contribution in [0.2, 0.25) is 0 Å². The van der Waals surface area contributed by atoms with Crippen LogP contribution in [-0.4, -0.2) is 5.48 Å². The first-order valence-electron chi connectivity index (χ1n) is 4.41. The Morgan fingerprint density at radius 3 is 1.20 bits per heavy atom. The van der Waals surface area contributed by atoms with Gasteiger partial charge in [-0.05, 0) is 0 Å². The van der Waals surface area contributed by atoms with Crippen molar-refractivity contribution in [3.8, 4) is 0 Å². The summed E-state index contributed by atoms with van der Waals surface area (Å²) in [5, 5.41) is 0. The summed E-state index contributed by atoms with van der Waals surface area (Å²) in [5.74, 6) is 0. The van der Waals surface area contributed by atoms with Gasteiger partial charge in [-0.25, -0.2) is 0 Å². The summed E-state index contributed by atoms with van der Waals surface area (Å²) in [4.78, 5) is 0. The maximum atomic E-state index is 2.26. The molecular weight excluding hydrogens is 124 g/mol. The predicted molar refractivity (Wildman–Crippen MR) is 47.3 cm³/mol. The van der Waals surface area contributed by atoms with Crippen molar-refractivity contribution in [2.75, 3.05) is 0 Å². The van der Waals surface area contributed by atoms with E-state index in [0.717, 1.165) is 0 Å². The Morgan fingerprint density at radius 2 is 0.900 bits per heavy atom. The molecule has 0 aliphatic heterocycles. The molecule has 0 amide bonds. The van der Waals surface area contributed by atoms with Crippen LogP contribution in [0.3, 0.4) is 0 Å². The van der Waals surface area contributed by atoms with Gasteiger partial charge >= 0.3 is 0 Å².